The number of benzene rings is 1. The molecular weight excluding hydrogens is 327 g/mol. The Morgan fingerprint density at radius 3 is 2.42 bits per heavy atom. The lowest BCUT2D eigenvalue weighted by atomic mass is 10.1. The fraction of sp³-hybridized carbons (Fsp3) is 0.364. The molecule has 0 unspecified atom stereocenters. The molecule has 26 heavy (non-hydrogen) atoms. The monoisotopic (exact) mass is 358 g/mol. The van der Waals surface area contributed by atoms with Gasteiger partial charge >= 0.3 is 0 Å². The average Bonchev–Trinajstić information content (AvgIpc) is 3.09. The zero-order valence-electron chi connectivity index (χ0n) is 16.8. The third-order valence-corrected chi connectivity index (χ3v) is 3.47. The fourth-order valence-electron chi connectivity index (χ4n) is 2.20. The van der Waals surface area contributed by atoms with E-state index in [0.29, 0.717) is 18.5 Å². The van der Waals surface area contributed by atoms with Gasteiger partial charge in [-0.25, -0.2) is 4.39 Å². The molecule has 4 heteroatoms. The summed E-state index contributed by atoms with van der Waals surface area (Å²) in [6.07, 6.45) is 7.15. The van der Waals surface area contributed by atoms with E-state index in [2.05, 4.69) is 11.7 Å². The molecule has 3 nitrogen and oxygen atoms in total. The molecule has 2 aromatic rings. The van der Waals surface area contributed by atoms with E-state index in [4.69, 9.17) is 0 Å². The van der Waals surface area contributed by atoms with Gasteiger partial charge < -0.3 is 0 Å². The highest BCUT2D eigenvalue weighted by molar-refractivity contribution is 5.99. The number of halogens is 1. The van der Waals surface area contributed by atoms with Gasteiger partial charge in [-0.15, -0.1) is 0 Å². The van der Waals surface area contributed by atoms with Crippen LogP contribution in [0.3, 0.4) is 0 Å². The minimum atomic E-state index is -0.479. The van der Waals surface area contributed by atoms with E-state index in [0.717, 1.165) is 16.5 Å². The minimum absolute atomic E-state index is 0.119. The van der Waals surface area contributed by atoms with Crippen molar-refractivity contribution in [1.29, 1.82) is 0 Å². The van der Waals surface area contributed by atoms with Crippen LogP contribution in [-0.2, 0) is 6.54 Å². The number of fused-ring (bicyclic) bond motifs is 1. The van der Waals surface area contributed by atoms with Gasteiger partial charge in [-0.05, 0) is 36.8 Å². The van der Waals surface area contributed by atoms with Crippen LogP contribution in [0, 0.1) is 0 Å². The predicted octanol–water partition coefficient (Wildman–Crippen LogP) is 6.67. The van der Waals surface area contributed by atoms with Crippen LogP contribution >= 0.6 is 0 Å². The highest BCUT2D eigenvalue weighted by Gasteiger charge is 2.08. The molecule has 0 aliphatic carbocycles. The molecule has 0 saturated carbocycles. The van der Waals surface area contributed by atoms with E-state index in [1.165, 1.54) is 6.08 Å². The molecule has 0 aliphatic heterocycles. The van der Waals surface area contributed by atoms with Gasteiger partial charge in [0.1, 0.15) is 5.83 Å². The summed E-state index contributed by atoms with van der Waals surface area (Å²) in [5.41, 5.74) is 2.58. The van der Waals surface area contributed by atoms with Gasteiger partial charge in [-0.1, -0.05) is 53.3 Å². The Labute approximate surface area is 156 Å². The molecule has 2 rings (SSSR count). The first kappa shape index (κ1) is 23.5. The van der Waals surface area contributed by atoms with Crippen LogP contribution < -0.4 is 0 Å². The Kier molecular flexibility index (Phi) is 11.6. The van der Waals surface area contributed by atoms with Crippen LogP contribution in [0.2, 0.25) is 0 Å². The summed E-state index contributed by atoms with van der Waals surface area (Å²) in [6, 6.07) is 5.58. The van der Waals surface area contributed by atoms with Crippen molar-refractivity contribution in [2.75, 3.05) is 0 Å². The first-order valence-electron chi connectivity index (χ1n) is 9.21. The molecule has 0 atom stereocenters. The Bertz CT molecular complexity index is 770. The maximum atomic E-state index is 12.7. The summed E-state index contributed by atoms with van der Waals surface area (Å²) in [6.45, 7) is 15.5. The van der Waals surface area contributed by atoms with Crippen molar-refractivity contribution in [2.24, 2.45) is 0 Å². The second kappa shape index (κ2) is 12.8. The number of nitrogens with zero attached hydrogens (tertiary/aromatic N) is 2. The van der Waals surface area contributed by atoms with Crippen molar-refractivity contribution < 1.29 is 9.18 Å². The van der Waals surface area contributed by atoms with Crippen LogP contribution in [0.4, 0.5) is 4.39 Å². The first-order chi connectivity index (χ1) is 12.5. The number of allylic oxidation sites excluding steroid dienone is 5. The smallest absolute Gasteiger partial charge is 0.162 e. The number of aromatic nitrogens is 2. The van der Waals surface area contributed by atoms with Crippen LogP contribution in [0.1, 0.15) is 58.3 Å². The van der Waals surface area contributed by atoms with Crippen LogP contribution in [0.5, 0.6) is 0 Å². The van der Waals surface area contributed by atoms with Crippen LogP contribution in [0.15, 0.2) is 60.6 Å². The molecule has 1 aromatic carbocycles. The maximum absolute atomic E-state index is 12.7. The van der Waals surface area contributed by atoms with Crippen molar-refractivity contribution in [3.8, 4) is 0 Å². The van der Waals surface area contributed by atoms with Gasteiger partial charge in [-0.3, -0.25) is 9.48 Å². The Balaban J connectivity index is 0.00000146. The number of ketones is 1. The largest absolute Gasteiger partial charge is 0.294 e. The van der Waals surface area contributed by atoms with Crippen molar-refractivity contribution in [2.45, 2.75) is 54.5 Å². The summed E-state index contributed by atoms with van der Waals surface area (Å²) in [5, 5.41) is 5.28. The van der Waals surface area contributed by atoms with Crippen molar-refractivity contribution in [3.63, 3.8) is 0 Å². The van der Waals surface area contributed by atoms with Gasteiger partial charge in [0.2, 0.25) is 0 Å². The van der Waals surface area contributed by atoms with Crippen molar-refractivity contribution in [1.82, 2.24) is 9.78 Å². The molecular formula is C22H31FN2O. The lowest BCUT2D eigenvalue weighted by molar-refractivity contribution is 0.0988. The Morgan fingerprint density at radius 2 is 1.88 bits per heavy atom. The van der Waals surface area contributed by atoms with E-state index in [-0.39, 0.29) is 5.78 Å². The van der Waals surface area contributed by atoms with E-state index in [1.54, 1.807) is 12.3 Å². The summed E-state index contributed by atoms with van der Waals surface area (Å²) in [4.78, 5) is 11.7. The Morgan fingerprint density at radius 1 is 1.23 bits per heavy atom. The molecule has 1 heterocycles. The number of Topliss-reactive ketones (excluding diaryl/α,β-unsaturated/α-hetero) is 1. The highest BCUT2D eigenvalue weighted by Crippen LogP contribution is 2.18. The minimum Gasteiger partial charge on any atom is -0.294 e. The SMILES string of the molecule is C=C(F)/C=C\C(=C/C)Cn1ncc2cc(C(=O)CC)ccc21.CC.CC. The molecule has 142 valence electrons. The zero-order chi connectivity index (χ0) is 20.1. The number of carbonyl (C=O) groups excluding carboxylic acids is 1. The number of hydrogen-bond donors (Lipinski definition) is 0. The van der Waals surface area contributed by atoms with E-state index in [9.17, 15) is 9.18 Å². The van der Waals surface area contributed by atoms with E-state index < -0.39 is 5.83 Å². The quantitative estimate of drug-likeness (QED) is 0.427. The zero-order valence-corrected chi connectivity index (χ0v) is 16.8. The fourth-order valence-corrected chi connectivity index (χ4v) is 2.20. The summed E-state index contributed by atoms with van der Waals surface area (Å²) >= 11 is 0. The third kappa shape index (κ3) is 6.79. The molecule has 0 amide bonds. The third-order valence-electron chi connectivity index (χ3n) is 3.47. The number of hydrogen-bond acceptors (Lipinski definition) is 2. The van der Waals surface area contributed by atoms with Gasteiger partial charge in [-0.2, -0.15) is 5.10 Å². The molecule has 1 aromatic heterocycles. The Hall–Kier alpha value is -2.49. The van der Waals surface area contributed by atoms with Crippen LogP contribution in [-0.4, -0.2) is 15.6 Å². The van der Waals surface area contributed by atoms with E-state index in [1.807, 2.05) is 70.5 Å². The molecule has 0 N–H and O–H groups in total. The maximum Gasteiger partial charge on any atom is 0.162 e. The molecule has 0 radical (unpaired) electrons. The molecule has 0 saturated heterocycles. The normalized spacial score (nSPS) is 10.8. The average molecular weight is 359 g/mol. The van der Waals surface area contributed by atoms with Crippen molar-refractivity contribution >= 4 is 16.7 Å². The lowest BCUT2D eigenvalue weighted by Gasteiger charge is -2.05. The predicted molar refractivity (Wildman–Crippen MR) is 110 cm³/mol. The van der Waals surface area contributed by atoms with Gasteiger partial charge in [0.05, 0.1) is 18.3 Å². The molecule has 0 spiro atoms. The highest BCUT2D eigenvalue weighted by atomic mass is 19.1. The first-order valence-corrected chi connectivity index (χ1v) is 9.21. The molecule has 0 aliphatic rings. The molecule has 0 fully saturated rings. The summed E-state index contributed by atoms with van der Waals surface area (Å²) in [5.74, 6) is -0.361. The van der Waals surface area contributed by atoms with Crippen LogP contribution in [0.25, 0.3) is 10.9 Å². The summed E-state index contributed by atoms with van der Waals surface area (Å²) in [7, 11) is 0. The lowest BCUT2D eigenvalue weighted by Crippen LogP contribution is -2.02. The topological polar surface area (TPSA) is 34.9 Å². The summed E-state index contributed by atoms with van der Waals surface area (Å²) < 4.78 is 14.6. The molecule has 0 bridgehead atoms. The second-order valence-corrected chi connectivity index (χ2v) is 5.00. The standard InChI is InChI=1S/C18H19FN2O.2C2H6/c1-4-14(7-6-13(3)19)12-21-17-9-8-15(18(22)5-2)10-16(17)11-20-21;2*1-2/h4,6-11H,3,5,12H2,1-2H3;2*1-2H3/b7-6-,14-4+;;. The van der Waals surface area contributed by atoms with Gasteiger partial charge in [0.15, 0.2) is 5.78 Å². The number of rotatable bonds is 6. The number of carbonyl (C=O) groups is 1. The van der Waals surface area contributed by atoms with Crippen molar-refractivity contribution in [3.05, 3.63) is 66.2 Å². The van der Waals surface area contributed by atoms with E-state index >= 15 is 0 Å². The second-order valence-electron chi connectivity index (χ2n) is 5.00. The van der Waals surface area contributed by atoms with Gasteiger partial charge in [0, 0.05) is 17.4 Å². The van der Waals surface area contributed by atoms with Gasteiger partial charge in [0.25, 0.3) is 0 Å².